The first-order valence-corrected chi connectivity index (χ1v) is 10.5. The maximum atomic E-state index is 12.5. The second-order valence-electron chi connectivity index (χ2n) is 5.74. The lowest BCUT2D eigenvalue weighted by Gasteiger charge is -2.11. The van der Waals surface area contributed by atoms with Crippen LogP contribution in [0.2, 0.25) is 0 Å². The van der Waals surface area contributed by atoms with Crippen molar-refractivity contribution in [3.63, 3.8) is 0 Å². The molecule has 9 heteroatoms. The zero-order valence-electron chi connectivity index (χ0n) is 14.8. The van der Waals surface area contributed by atoms with Gasteiger partial charge in [0.15, 0.2) is 0 Å². The standard InChI is InChI=1S/C19H17N3O4S2/c1-13(14-7-3-5-10-17(14)23)20-21-19(24)15-8-2-4-9-16(15)22-28(25,26)18-11-6-12-27-18/h2-12,22-23H,1H3,(H,21,24)/b20-13+. The predicted octanol–water partition coefficient (Wildman–Crippen LogP) is 3.41. The molecule has 3 aromatic rings. The molecule has 3 N–H and O–H groups in total. The minimum Gasteiger partial charge on any atom is -0.507 e. The van der Waals surface area contributed by atoms with Crippen molar-refractivity contribution >= 4 is 38.7 Å². The highest BCUT2D eigenvalue weighted by Crippen LogP contribution is 2.23. The molecule has 0 aliphatic carbocycles. The number of phenols is 1. The van der Waals surface area contributed by atoms with Crippen LogP contribution in [0.25, 0.3) is 0 Å². The quantitative estimate of drug-likeness (QED) is 0.423. The third-order valence-electron chi connectivity index (χ3n) is 3.79. The van der Waals surface area contributed by atoms with Crippen molar-refractivity contribution in [2.24, 2.45) is 5.10 Å². The number of carbonyl (C=O) groups excluding carboxylic acids is 1. The molecular formula is C19H17N3O4S2. The van der Waals surface area contributed by atoms with E-state index in [2.05, 4.69) is 15.2 Å². The normalized spacial score (nSPS) is 11.8. The molecule has 1 amide bonds. The van der Waals surface area contributed by atoms with Gasteiger partial charge in [-0.05, 0) is 42.6 Å². The summed E-state index contributed by atoms with van der Waals surface area (Å²) in [6, 6.07) is 16.0. The number of phenolic OH excluding ortho intramolecular Hbond substituents is 1. The van der Waals surface area contributed by atoms with Gasteiger partial charge in [0.25, 0.3) is 15.9 Å². The van der Waals surface area contributed by atoms with Crippen molar-refractivity contribution in [1.82, 2.24) is 5.43 Å². The maximum absolute atomic E-state index is 12.5. The lowest BCUT2D eigenvalue weighted by Crippen LogP contribution is -2.22. The van der Waals surface area contributed by atoms with Gasteiger partial charge in [-0.3, -0.25) is 9.52 Å². The van der Waals surface area contributed by atoms with Gasteiger partial charge in [0.2, 0.25) is 0 Å². The van der Waals surface area contributed by atoms with E-state index in [1.807, 2.05) is 0 Å². The molecule has 0 fully saturated rings. The van der Waals surface area contributed by atoms with E-state index in [-0.39, 0.29) is 21.2 Å². The van der Waals surface area contributed by atoms with Crippen molar-refractivity contribution in [2.45, 2.75) is 11.1 Å². The minimum absolute atomic E-state index is 0.0436. The van der Waals surface area contributed by atoms with E-state index in [0.29, 0.717) is 11.3 Å². The van der Waals surface area contributed by atoms with Crippen LogP contribution < -0.4 is 10.1 Å². The Bertz CT molecular complexity index is 1120. The molecular weight excluding hydrogens is 398 g/mol. The van der Waals surface area contributed by atoms with E-state index in [9.17, 15) is 18.3 Å². The highest BCUT2D eigenvalue weighted by molar-refractivity contribution is 7.94. The summed E-state index contributed by atoms with van der Waals surface area (Å²) < 4.78 is 27.5. The van der Waals surface area contributed by atoms with Crippen molar-refractivity contribution in [1.29, 1.82) is 0 Å². The van der Waals surface area contributed by atoms with Gasteiger partial charge in [-0.25, -0.2) is 13.8 Å². The Labute approximate surface area is 166 Å². The van der Waals surface area contributed by atoms with Crippen molar-refractivity contribution < 1.29 is 18.3 Å². The van der Waals surface area contributed by atoms with Crippen LogP contribution in [0.3, 0.4) is 0 Å². The molecule has 1 aromatic heterocycles. The highest BCUT2D eigenvalue weighted by atomic mass is 32.2. The molecule has 0 spiro atoms. The van der Waals surface area contributed by atoms with Crippen LogP contribution in [0.15, 0.2) is 75.4 Å². The van der Waals surface area contributed by atoms with Crippen LogP contribution in [0, 0.1) is 0 Å². The molecule has 0 unspecified atom stereocenters. The van der Waals surface area contributed by atoms with E-state index < -0.39 is 15.9 Å². The smallest absolute Gasteiger partial charge is 0.273 e. The van der Waals surface area contributed by atoms with Crippen LogP contribution in [-0.4, -0.2) is 25.1 Å². The SMILES string of the molecule is C/C(=N\NC(=O)c1ccccc1NS(=O)(=O)c1cccs1)c1ccccc1O. The Morgan fingerprint density at radius 1 is 1.00 bits per heavy atom. The Hall–Kier alpha value is -3.17. The first-order valence-electron chi connectivity index (χ1n) is 8.17. The van der Waals surface area contributed by atoms with E-state index in [0.717, 1.165) is 11.3 Å². The summed E-state index contributed by atoms with van der Waals surface area (Å²) in [5.41, 5.74) is 3.54. The molecule has 0 aliphatic rings. The molecule has 144 valence electrons. The molecule has 7 nitrogen and oxygen atoms in total. The van der Waals surface area contributed by atoms with E-state index in [1.54, 1.807) is 48.7 Å². The van der Waals surface area contributed by atoms with Crippen LogP contribution in [-0.2, 0) is 10.0 Å². The van der Waals surface area contributed by atoms with Crippen molar-refractivity contribution in [3.05, 3.63) is 77.2 Å². The minimum atomic E-state index is -3.79. The van der Waals surface area contributed by atoms with Gasteiger partial charge in [-0.1, -0.05) is 30.3 Å². The first-order chi connectivity index (χ1) is 13.4. The molecule has 0 radical (unpaired) electrons. The second kappa shape index (κ2) is 8.24. The fourth-order valence-corrected chi connectivity index (χ4v) is 4.49. The largest absolute Gasteiger partial charge is 0.507 e. The summed E-state index contributed by atoms with van der Waals surface area (Å²) >= 11 is 1.08. The number of aromatic hydroxyl groups is 1. The number of hydrogen-bond donors (Lipinski definition) is 3. The summed E-state index contributed by atoms with van der Waals surface area (Å²) in [5, 5.41) is 15.5. The predicted molar refractivity (Wildman–Crippen MR) is 109 cm³/mol. The van der Waals surface area contributed by atoms with Crippen LogP contribution in [0.1, 0.15) is 22.8 Å². The summed E-state index contributed by atoms with van der Waals surface area (Å²) in [6.45, 7) is 1.64. The third-order valence-corrected chi connectivity index (χ3v) is 6.56. The van der Waals surface area contributed by atoms with Gasteiger partial charge >= 0.3 is 0 Å². The number of amides is 1. The molecule has 0 aliphatic heterocycles. The van der Waals surface area contributed by atoms with Gasteiger partial charge in [0.1, 0.15) is 9.96 Å². The number of anilines is 1. The number of hydrazone groups is 1. The average molecular weight is 415 g/mol. The van der Waals surface area contributed by atoms with Gasteiger partial charge in [-0.15, -0.1) is 11.3 Å². The molecule has 0 saturated carbocycles. The number of hydrogen-bond acceptors (Lipinski definition) is 6. The number of thiophene rings is 1. The first kappa shape index (κ1) is 19.6. The zero-order valence-corrected chi connectivity index (χ0v) is 16.4. The van der Waals surface area contributed by atoms with Gasteiger partial charge < -0.3 is 5.11 Å². The zero-order chi connectivity index (χ0) is 20.1. The molecule has 0 bridgehead atoms. The third kappa shape index (κ3) is 4.38. The Morgan fingerprint density at radius 3 is 2.36 bits per heavy atom. The van der Waals surface area contributed by atoms with E-state index in [1.165, 1.54) is 24.3 Å². The number of benzene rings is 2. The van der Waals surface area contributed by atoms with E-state index >= 15 is 0 Å². The molecule has 3 rings (SSSR count). The van der Waals surface area contributed by atoms with E-state index in [4.69, 9.17) is 0 Å². The van der Waals surface area contributed by atoms with Crippen molar-refractivity contribution in [3.8, 4) is 5.75 Å². The second-order valence-corrected chi connectivity index (χ2v) is 8.60. The summed E-state index contributed by atoms with van der Waals surface area (Å²) in [7, 11) is -3.79. The number of nitrogens with zero attached hydrogens (tertiary/aromatic N) is 1. The number of para-hydroxylation sites is 2. The Morgan fingerprint density at radius 2 is 1.68 bits per heavy atom. The lowest BCUT2D eigenvalue weighted by molar-refractivity contribution is 0.0955. The number of carbonyl (C=O) groups is 1. The maximum Gasteiger partial charge on any atom is 0.273 e. The van der Waals surface area contributed by atoms with Crippen LogP contribution in [0.4, 0.5) is 5.69 Å². The monoisotopic (exact) mass is 415 g/mol. The highest BCUT2D eigenvalue weighted by Gasteiger charge is 2.19. The lowest BCUT2D eigenvalue weighted by atomic mass is 10.1. The molecule has 0 atom stereocenters. The van der Waals surface area contributed by atoms with Crippen LogP contribution in [0.5, 0.6) is 5.75 Å². The Balaban J connectivity index is 1.82. The summed E-state index contributed by atoms with van der Waals surface area (Å²) in [5.74, 6) is -0.540. The van der Waals surface area contributed by atoms with Gasteiger partial charge in [0.05, 0.1) is 17.0 Å². The topological polar surface area (TPSA) is 108 Å². The molecule has 2 aromatic carbocycles. The fraction of sp³-hybridized carbons (Fsp3) is 0.0526. The molecule has 1 heterocycles. The summed E-state index contributed by atoms with van der Waals surface area (Å²) in [4.78, 5) is 12.5. The summed E-state index contributed by atoms with van der Waals surface area (Å²) in [6.07, 6.45) is 0. The van der Waals surface area contributed by atoms with Crippen LogP contribution >= 0.6 is 11.3 Å². The number of rotatable bonds is 6. The number of nitrogens with one attached hydrogen (secondary N) is 2. The fourth-order valence-electron chi connectivity index (χ4n) is 2.42. The average Bonchev–Trinajstić information content (AvgIpc) is 3.22. The van der Waals surface area contributed by atoms with Gasteiger partial charge in [0, 0.05) is 5.56 Å². The van der Waals surface area contributed by atoms with Crippen molar-refractivity contribution in [2.75, 3.05) is 4.72 Å². The number of sulfonamides is 1. The Kier molecular flexibility index (Phi) is 5.76. The molecule has 0 saturated heterocycles. The van der Waals surface area contributed by atoms with Gasteiger partial charge in [-0.2, -0.15) is 5.10 Å². The molecule has 28 heavy (non-hydrogen) atoms.